The van der Waals surface area contributed by atoms with Gasteiger partial charge in [-0.15, -0.1) is 11.3 Å². The van der Waals surface area contributed by atoms with E-state index >= 15 is 0 Å². The van der Waals surface area contributed by atoms with Crippen LogP contribution in [0.1, 0.15) is 36.5 Å². The smallest absolute Gasteiger partial charge is 0.0548 e. The maximum absolute atomic E-state index is 6.13. The number of rotatable bonds is 1. The van der Waals surface area contributed by atoms with E-state index in [1.807, 2.05) is 6.07 Å². The molecule has 1 aliphatic rings. The molecule has 0 saturated heterocycles. The molecule has 2 atom stereocenters. The molecular formula is C10H12BrClS. The normalized spacial score (nSPS) is 29.1. The Labute approximate surface area is 96.4 Å². The molecule has 0 N–H and O–H groups in total. The molecule has 3 heteroatoms. The summed E-state index contributed by atoms with van der Waals surface area (Å²) < 4.78 is 0. The number of thiophene rings is 1. The average molecular weight is 280 g/mol. The van der Waals surface area contributed by atoms with E-state index in [0.29, 0.717) is 10.7 Å². The summed E-state index contributed by atoms with van der Waals surface area (Å²) in [5.74, 6) is 0.654. The summed E-state index contributed by atoms with van der Waals surface area (Å²) >= 11 is 11.7. The Morgan fingerprint density at radius 3 is 2.77 bits per heavy atom. The first-order chi connectivity index (χ1) is 6.29. The highest BCUT2D eigenvalue weighted by molar-refractivity contribution is 9.09. The van der Waals surface area contributed by atoms with Crippen LogP contribution in [0.25, 0.3) is 0 Å². The maximum atomic E-state index is 6.13. The summed E-state index contributed by atoms with van der Waals surface area (Å²) in [7, 11) is 0. The molecule has 0 nitrogen and oxygen atoms in total. The Kier molecular flexibility index (Phi) is 3.33. The topological polar surface area (TPSA) is 0 Å². The van der Waals surface area contributed by atoms with E-state index in [0.717, 1.165) is 5.02 Å². The van der Waals surface area contributed by atoms with Crippen LogP contribution >= 0.6 is 38.9 Å². The van der Waals surface area contributed by atoms with Crippen molar-refractivity contribution in [1.82, 2.24) is 0 Å². The molecule has 1 heterocycles. The molecule has 0 spiro atoms. The van der Waals surface area contributed by atoms with Crippen LogP contribution in [0.2, 0.25) is 5.02 Å². The minimum Gasteiger partial charge on any atom is -0.147 e. The van der Waals surface area contributed by atoms with Gasteiger partial charge in [0.25, 0.3) is 0 Å². The van der Waals surface area contributed by atoms with E-state index in [1.54, 1.807) is 11.3 Å². The van der Waals surface area contributed by atoms with Crippen LogP contribution in [0.5, 0.6) is 0 Å². The molecule has 13 heavy (non-hydrogen) atoms. The highest BCUT2D eigenvalue weighted by Crippen LogP contribution is 2.42. The van der Waals surface area contributed by atoms with E-state index in [2.05, 4.69) is 21.3 Å². The van der Waals surface area contributed by atoms with Gasteiger partial charge in [-0.1, -0.05) is 40.4 Å². The third kappa shape index (κ3) is 2.11. The highest BCUT2D eigenvalue weighted by atomic mass is 79.9. The zero-order valence-corrected chi connectivity index (χ0v) is 10.5. The van der Waals surface area contributed by atoms with Gasteiger partial charge in [-0.3, -0.25) is 0 Å². The van der Waals surface area contributed by atoms with Crippen molar-refractivity contribution in [2.45, 2.75) is 36.4 Å². The number of hydrogen-bond acceptors (Lipinski definition) is 1. The third-order valence-electron chi connectivity index (χ3n) is 2.66. The Bertz CT molecular complexity index is 284. The van der Waals surface area contributed by atoms with Crippen molar-refractivity contribution in [3.63, 3.8) is 0 Å². The SMILES string of the molecule is Clc1ccsc1C1CCCCC1Br. The fraction of sp³-hybridized carbons (Fsp3) is 0.600. The lowest BCUT2D eigenvalue weighted by atomic mass is 9.88. The first-order valence-electron chi connectivity index (χ1n) is 4.66. The zero-order valence-electron chi connectivity index (χ0n) is 7.30. The number of hydrogen-bond donors (Lipinski definition) is 0. The summed E-state index contributed by atoms with van der Waals surface area (Å²) in [6, 6.07) is 2.01. The molecule has 1 saturated carbocycles. The molecule has 2 rings (SSSR count). The van der Waals surface area contributed by atoms with Crippen molar-refractivity contribution in [2.75, 3.05) is 0 Å². The van der Waals surface area contributed by atoms with E-state index in [-0.39, 0.29) is 0 Å². The van der Waals surface area contributed by atoms with Gasteiger partial charge in [-0.25, -0.2) is 0 Å². The highest BCUT2D eigenvalue weighted by Gasteiger charge is 2.26. The molecule has 0 amide bonds. The van der Waals surface area contributed by atoms with Crippen LogP contribution < -0.4 is 0 Å². The van der Waals surface area contributed by atoms with Gasteiger partial charge in [-0.05, 0) is 24.3 Å². The standard InChI is InChI=1S/C10H12BrClS/c11-8-4-2-1-3-7(8)10-9(12)5-6-13-10/h5-8H,1-4H2. The quantitative estimate of drug-likeness (QED) is 0.646. The Balaban J connectivity index is 2.19. The van der Waals surface area contributed by atoms with Gasteiger partial charge >= 0.3 is 0 Å². The first-order valence-corrected chi connectivity index (χ1v) is 6.83. The second-order valence-electron chi connectivity index (χ2n) is 3.54. The van der Waals surface area contributed by atoms with Gasteiger partial charge in [0.1, 0.15) is 0 Å². The lowest BCUT2D eigenvalue weighted by Crippen LogP contribution is -2.16. The zero-order chi connectivity index (χ0) is 9.26. The monoisotopic (exact) mass is 278 g/mol. The first kappa shape index (κ1) is 10.0. The Morgan fingerprint density at radius 1 is 1.38 bits per heavy atom. The van der Waals surface area contributed by atoms with E-state index < -0.39 is 0 Å². The average Bonchev–Trinajstić information content (AvgIpc) is 2.52. The minimum absolute atomic E-state index is 0.636. The predicted molar refractivity (Wildman–Crippen MR) is 63.3 cm³/mol. The van der Waals surface area contributed by atoms with E-state index in [1.165, 1.54) is 30.6 Å². The molecule has 0 aliphatic heterocycles. The van der Waals surface area contributed by atoms with Crippen molar-refractivity contribution in [2.24, 2.45) is 0 Å². The number of halogens is 2. The molecule has 72 valence electrons. The summed E-state index contributed by atoms with van der Waals surface area (Å²) in [5, 5.41) is 3.05. The van der Waals surface area contributed by atoms with Crippen molar-refractivity contribution in [3.8, 4) is 0 Å². The van der Waals surface area contributed by atoms with Crippen LogP contribution in [-0.4, -0.2) is 4.83 Å². The summed E-state index contributed by atoms with van der Waals surface area (Å²) in [5.41, 5.74) is 0. The van der Waals surface area contributed by atoms with Crippen LogP contribution in [-0.2, 0) is 0 Å². The van der Waals surface area contributed by atoms with E-state index in [4.69, 9.17) is 11.6 Å². The molecule has 1 aliphatic carbocycles. The van der Waals surface area contributed by atoms with Gasteiger partial charge < -0.3 is 0 Å². The molecular weight excluding hydrogens is 268 g/mol. The van der Waals surface area contributed by atoms with Crippen molar-refractivity contribution < 1.29 is 0 Å². The predicted octanol–water partition coefficient (Wildman–Crippen LogP) is 4.82. The molecule has 1 aromatic heterocycles. The fourth-order valence-electron chi connectivity index (χ4n) is 1.95. The van der Waals surface area contributed by atoms with Gasteiger partial charge in [0, 0.05) is 15.6 Å². The van der Waals surface area contributed by atoms with E-state index in [9.17, 15) is 0 Å². The van der Waals surface area contributed by atoms with Gasteiger partial charge in [0.2, 0.25) is 0 Å². The van der Waals surface area contributed by atoms with Crippen molar-refractivity contribution >= 4 is 38.9 Å². The number of alkyl halides is 1. The lowest BCUT2D eigenvalue weighted by molar-refractivity contribution is 0.466. The Hall–Kier alpha value is 0.470. The van der Waals surface area contributed by atoms with Crippen LogP contribution in [0.3, 0.4) is 0 Å². The molecule has 1 fully saturated rings. The molecule has 2 unspecified atom stereocenters. The van der Waals surface area contributed by atoms with Gasteiger partial charge in [0.05, 0.1) is 5.02 Å². The van der Waals surface area contributed by atoms with Crippen molar-refractivity contribution in [1.29, 1.82) is 0 Å². The summed E-state index contributed by atoms with van der Waals surface area (Å²) in [6.45, 7) is 0. The molecule has 0 radical (unpaired) electrons. The molecule has 1 aromatic rings. The van der Waals surface area contributed by atoms with Gasteiger partial charge in [0.15, 0.2) is 0 Å². The third-order valence-corrected chi connectivity index (χ3v) is 5.25. The fourth-order valence-corrected chi connectivity index (χ4v) is 4.38. The summed E-state index contributed by atoms with van der Waals surface area (Å²) in [4.78, 5) is 2.01. The second-order valence-corrected chi connectivity index (χ2v) is 6.07. The van der Waals surface area contributed by atoms with Gasteiger partial charge in [-0.2, -0.15) is 0 Å². The summed E-state index contributed by atoms with van der Waals surface area (Å²) in [6.07, 6.45) is 5.28. The molecule has 0 aromatic carbocycles. The van der Waals surface area contributed by atoms with Crippen LogP contribution in [0.15, 0.2) is 11.4 Å². The molecule has 0 bridgehead atoms. The van der Waals surface area contributed by atoms with Crippen LogP contribution in [0, 0.1) is 0 Å². The van der Waals surface area contributed by atoms with Crippen LogP contribution in [0.4, 0.5) is 0 Å². The maximum Gasteiger partial charge on any atom is 0.0548 e. The largest absolute Gasteiger partial charge is 0.147 e. The second kappa shape index (κ2) is 4.33. The lowest BCUT2D eigenvalue weighted by Gasteiger charge is -2.26. The Morgan fingerprint density at radius 2 is 2.15 bits per heavy atom. The minimum atomic E-state index is 0.636. The van der Waals surface area contributed by atoms with Crippen molar-refractivity contribution in [3.05, 3.63) is 21.3 Å².